The molecule has 44 heavy (non-hydrogen) atoms. The Bertz CT molecular complexity index is 1780. The lowest BCUT2D eigenvalue weighted by Crippen LogP contribution is -2.50. The van der Waals surface area contributed by atoms with E-state index in [4.69, 9.17) is 4.52 Å². The largest absolute Gasteiger partial charge is 0.346 e. The van der Waals surface area contributed by atoms with E-state index in [-0.39, 0.29) is 29.6 Å². The average molecular weight is 589 g/mol. The van der Waals surface area contributed by atoms with E-state index in [0.717, 1.165) is 52.1 Å². The van der Waals surface area contributed by atoms with E-state index in [0.29, 0.717) is 24.6 Å². The van der Waals surface area contributed by atoms with Crippen LogP contribution in [0.25, 0.3) is 21.5 Å². The number of carbonyl (C=O) groups excluding carboxylic acids is 2. The quantitative estimate of drug-likeness (QED) is 0.198. The molecule has 0 spiro atoms. The number of hydrogen-bond donors (Lipinski definition) is 2. The number of aryl methyl sites for hydroxylation is 1. The zero-order valence-electron chi connectivity index (χ0n) is 25.6. The van der Waals surface area contributed by atoms with Gasteiger partial charge >= 0.3 is 0 Å². The number of rotatable bonds is 10. The molecule has 6 rings (SSSR count). The van der Waals surface area contributed by atoms with Crippen molar-refractivity contribution in [3.63, 3.8) is 0 Å². The Morgan fingerprint density at radius 2 is 1.52 bits per heavy atom. The molecule has 1 aliphatic rings. The van der Waals surface area contributed by atoms with Crippen LogP contribution in [0.4, 0.5) is 0 Å². The van der Waals surface area contributed by atoms with E-state index in [2.05, 4.69) is 88.4 Å². The standard InChI is InChI=1S/C37H40N4O3/c1-23-18-32(16-17-38-23)36(43)40-34(22-27-13-15-29-9-5-7-11-31(29)20-27)35(42)24(2)33(37-39-25(3)41-44-37)21-26-12-14-28-8-4-6-10-30(28)19-26/h4-15,19-20,23-24,32-34,38H,16-18,21-22H2,1-3H3,(H,40,43). The monoisotopic (exact) mass is 588 g/mol. The van der Waals surface area contributed by atoms with Crippen molar-refractivity contribution in [3.8, 4) is 0 Å². The maximum absolute atomic E-state index is 14.5. The molecule has 1 aromatic heterocycles. The molecule has 1 fully saturated rings. The van der Waals surface area contributed by atoms with E-state index in [9.17, 15) is 9.59 Å². The van der Waals surface area contributed by atoms with Gasteiger partial charge in [-0.15, -0.1) is 0 Å². The SMILES string of the molecule is Cc1noc(C(Cc2ccc3ccccc3c2)C(C)C(=O)C(Cc2ccc3ccccc3c2)NC(=O)C2CCNC(C)C2)n1. The lowest BCUT2D eigenvalue weighted by Gasteiger charge is -2.30. The molecule has 0 saturated carbocycles. The molecule has 2 N–H and O–H groups in total. The summed E-state index contributed by atoms with van der Waals surface area (Å²) in [5.74, 6) is -0.0672. The summed E-state index contributed by atoms with van der Waals surface area (Å²) in [4.78, 5) is 32.7. The average Bonchev–Trinajstić information content (AvgIpc) is 3.48. The topological polar surface area (TPSA) is 97.1 Å². The molecule has 5 aromatic rings. The maximum Gasteiger partial charge on any atom is 0.230 e. The Balaban J connectivity index is 1.30. The number of amides is 1. The van der Waals surface area contributed by atoms with Gasteiger partial charge in [-0.2, -0.15) is 4.98 Å². The van der Waals surface area contributed by atoms with Crippen molar-refractivity contribution in [1.29, 1.82) is 0 Å². The van der Waals surface area contributed by atoms with Gasteiger partial charge in [-0.3, -0.25) is 9.59 Å². The first-order valence-electron chi connectivity index (χ1n) is 15.7. The van der Waals surface area contributed by atoms with Crippen molar-refractivity contribution in [1.82, 2.24) is 20.8 Å². The minimum atomic E-state index is -0.688. The fourth-order valence-electron chi connectivity index (χ4n) is 6.56. The Hall–Kier alpha value is -4.36. The Morgan fingerprint density at radius 3 is 2.11 bits per heavy atom. The Morgan fingerprint density at radius 1 is 0.909 bits per heavy atom. The molecular formula is C37H40N4O3. The van der Waals surface area contributed by atoms with Crippen molar-refractivity contribution in [2.45, 2.75) is 64.5 Å². The van der Waals surface area contributed by atoms with Crippen LogP contribution in [0.15, 0.2) is 89.5 Å². The molecule has 5 unspecified atom stereocenters. The van der Waals surface area contributed by atoms with Crippen molar-refractivity contribution >= 4 is 33.2 Å². The van der Waals surface area contributed by atoms with Crippen LogP contribution >= 0.6 is 0 Å². The molecule has 1 saturated heterocycles. The third kappa shape index (κ3) is 6.73. The summed E-state index contributed by atoms with van der Waals surface area (Å²) in [5.41, 5.74) is 2.09. The summed E-state index contributed by atoms with van der Waals surface area (Å²) in [5, 5.41) is 15.2. The van der Waals surface area contributed by atoms with E-state index in [1.54, 1.807) is 6.92 Å². The second-order valence-corrected chi connectivity index (χ2v) is 12.4. The van der Waals surface area contributed by atoms with Crippen LogP contribution in [0, 0.1) is 18.8 Å². The minimum absolute atomic E-state index is 0.0323. The second-order valence-electron chi connectivity index (χ2n) is 12.4. The Kier molecular flexibility index (Phi) is 8.84. The van der Waals surface area contributed by atoms with Gasteiger partial charge in [-0.25, -0.2) is 0 Å². The van der Waals surface area contributed by atoms with Gasteiger partial charge in [-0.1, -0.05) is 97.0 Å². The molecule has 4 aromatic carbocycles. The highest BCUT2D eigenvalue weighted by molar-refractivity contribution is 5.92. The van der Waals surface area contributed by atoms with Crippen molar-refractivity contribution in [2.24, 2.45) is 11.8 Å². The molecule has 0 bridgehead atoms. The van der Waals surface area contributed by atoms with Gasteiger partial charge in [0.15, 0.2) is 11.6 Å². The van der Waals surface area contributed by atoms with Gasteiger partial charge in [0.2, 0.25) is 11.8 Å². The first kappa shape index (κ1) is 29.7. The summed E-state index contributed by atoms with van der Waals surface area (Å²) < 4.78 is 5.68. The molecule has 2 heterocycles. The summed E-state index contributed by atoms with van der Waals surface area (Å²) in [6.45, 7) is 6.61. The molecule has 1 aliphatic heterocycles. The summed E-state index contributed by atoms with van der Waals surface area (Å²) in [6.07, 6.45) is 2.48. The molecule has 226 valence electrons. The predicted octanol–water partition coefficient (Wildman–Crippen LogP) is 6.33. The number of Topliss-reactive ketones (excluding diaryl/α,β-unsaturated/α-hetero) is 1. The number of benzene rings is 4. The van der Waals surface area contributed by atoms with Crippen LogP contribution in [-0.4, -0.2) is 40.5 Å². The van der Waals surface area contributed by atoms with Gasteiger partial charge < -0.3 is 15.2 Å². The number of hydrogen-bond acceptors (Lipinski definition) is 6. The third-order valence-electron chi connectivity index (χ3n) is 9.09. The highest BCUT2D eigenvalue weighted by atomic mass is 16.5. The lowest BCUT2D eigenvalue weighted by atomic mass is 9.81. The van der Waals surface area contributed by atoms with Crippen LogP contribution < -0.4 is 10.6 Å². The van der Waals surface area contributed by atoms with Gasteiger partial charge in [0.1, 0.15) is 0 Å². The lowest BCUT2D eigenvalue weighted by molar-refractivity contribution is -0.132. The molecule has 0 radical (unpaired) electrons. The smallest absolute Gasteiger partial charge is 0.230 e. The zero-order valence-corrected chi connectivity index (χ0v) is 25.6. The van der Waals surface area contributed by atoms with E-state index in [1.165, 1.54) is 0 Å². The summed E-state index contributed by atoms with van der Waals surface area (Å²) in [6, 6.07) is 28.6. The maximum atomic E-state index is 14.5. The van der Waals surface area contributed by atoms with Gasteiger partial charge in [0, 0.05) is 17.9 Å². The minimum Gasteiger partial charge on any atom is -0.346 e. The molecule has 1 amide bonds. The number of carbonyl (C=O) groups is 2. The fourth-order valence-corrected chi connectivity index (χ4v) is 6.56. The number of piperidine rings is 1. The first-order valence-corrected chi connectivity index (χ1v) is 15.7. The van der Waals surface area contributed by atoms with Crippen LogP contribution in [0.5, 0.6) is 0 Å². The number of nitrogens with one attached hydrogen (secondary N) is 2. The Labute approximate surface area is 258 Å². The zero-order chi connectivity index (χ0) is 30.6. The van der Waals surface area contributed by atoms with Crippen molar-refractivity contribution in [2.75, 3.05) is 6.54 Å². The second kappa shape index (κ2) is 13.1. The van der Waals surface area contributed by atoms with Crippen LogP contribution in [0.3, 0.4) is 0 Å². The molecule has 5 atom stereocenters. The summed E-state index contributed by atoms with van der Waals surface area (Å²) in [7, 11) is 0. The van der Waals surface area contributed by atoms with Crippen molar-refractivity contribution in [3.05, 3.63) is 108 Å². The van der Waals surface area contributed by atoms with Crippen molar-refractivity contribution < 1.29 is 14.1 Å². The number of nitrogens with zero attached hydrogens (tertiary/aromatic N) is 2. The van der Waals surface area contributed by atoms with E-state index >= 15 is 0 Å². The third-order valence-corrected chi connectivity index (χ3v) is 9.09. The van der Waals surface area contributed by atoms with Crippen LogP contribution in [-0.2, 0) is 22.4 Å². The predicted molar refractivity (Wildman–Crippen MR) is 173 cm³/mol. The number of aromatic nitrogens is 2. The van der Waals surface area contributed by atoms with Crippen LogP contribution in [0.1, 0.15) is 55.4 Å². The molecule has 7 heteroatoms. The van der Waals surface area contributed by atoms with Gasteiger partial charge in [0.05, 0.1) is 12.0 Å². The highest BCUT2D eigenvalue weighted by Gasteiger charge is 2.36. The molecule has 0 aliphatic carbocycles. The van der Waals surface area contributed by atoms with Crippen LogP contribution in [0.2, 0.25) is 0 Å². The van der Waals surface area contributed by atoms with Gasteiger partial charge in [-0.05, 0) is 78.7 Å². The normalized spacial score (nSPS) is 19.0. The number of ketones is 1. The fraction of sp³-hybridized carbons (Fsp3) is 0.351. The molecular weight excluding hydrogens is 548 g/mol. The highest BCUT2D eigenvalue weighted by Crippen LogP contribution is 2.31. The molecule has 7 nitrogen and oxygen atoms in total. The van der Waals surface area contributed by atoms with E-state index in [1.807, 2.05) is 31.2 Å². The van der Waals surface area contributed by atoms with Gasteiger partial charge in [0.25, 0.3) is 0 Å². The summed E-state index contributed by atoms with van der Waals surface area (Å²) >= 11 is 0. The van der Waals surface area contributed by atoms with E-state index < -0.39 is 12.0 Å². The number of fused-ring (bicyclic) bond motifs is 2. The first-order chi connectivity index (χ1) is 21.3.